The predicted molar refractivity (Wildman–Crippen MR) is 76.4 cm³/mol. The highest BCUT2D eigenvalue weighted by Crippen LogP contribution is 2.26. The third kappa shape index (κ3) is 3.08. The topological polar surface area (TPSA) is 28.0 Å². The van der Waals surface area contributed by atoms with E-state index in [1.807, 2.05) is 61.5 Å². The summed E-state index contributed by atoms with van der Waals surface area (Å²) in [7, 11) is 4.00. The van der Waals surface area contributed by atoms with Gasteiger partial charge in [-0.3, -0.25) is 0 Å². The van der Waals surface area contributed by atoms with Crippen molar-refractivity contribution in [2.45, 2.75) is 0 Å². The van der Waals surface area contributed by atoms with Gasteiger partial charge >= 0.3 is 0 Å². The molecule has 0 saturated carbocycles. The number of anilines is 1. The number of nitrogens with zero attached hydrogens (tertiary/aromatic N) is 3. The van der Waals surface area contributed by atoms with Gasteiger partial charge in [0.25, 0.3) is 0 Å². The first kappa shape index (κ1) is 12.6. The van der Waals surface area contributed by atoms with Crippen LogP contribution in [0, 0.1) is 0 Å². The number of azo groups is 1. The van der Waals surface area contributed by atoms with Gasteiger partial charge in [0.15, 0.2) is 0 Å². The Balaban J connectivity index is 2.17. The molecule has 0 unspecified atom stereocenters. The number of hydrogen-bond donors (Lipinski definition) is 0. The molecule has 0 aliphatic heterocycles. The molecule has 2 aromatic rings. The van der Waals surface area contributed by atoms with Gasteiger partial charge in [-0.1, -0.05) is 23.7 Å². The molecule has 4 heteroatoms. The van der Waals surface area contributed by atoms with E-state index in [0.29, 0.717) is 10.7 Å². The van der Waals surface area contributed by atoms with E-state index in [1.54, 1.807) is 6.07 Å². The lowest BCUT2D eigenvalue weighted by molar-refractivity contribution is 1.13. The van der Waals surface area contributed by atoms with Crippen LogP contribution in [0.5, 0.6) is 0 Å². The molecule has 0 fully saturated rings. The fourth-order valence-corrected chi connectivity index (χ4v) is 1.64. The van der Waals surface area contributed by atoms with Crippen LogP contribution in [0.25, 0.3) is 0 Å². The Morgan fingerprint density at radius 1 is 0.889 bits per heavy atom. The van der Waals surface area contributed by atoms with E-state index >= 15 is 0 Å². The number of benzene rings is 2. The second-order valence-electron chi connectivity index (χ2n) is 4.06. The Kier molecular flexibility index (Phi) is 3.95. The zero-order valence-electron chi connectivity index (χ0n) is 10.3. The maximum atomic E-state index is 6.00. The number of hydrogen-bond acceptors (Lipinski definition) is 3. The molecule has 0 N–H and O–H groups in total. The first-order chi connectivity index (χ1) is 8.66. The highest BCUT2D eigenvalue weighted by molar-refractivity contribution is 6.32. The minimum absolute atomic E-state index is 0.603. The maximum Gasteiger partial charge on any atom is 0.104 e. The summed E-state index contributed by atoms with van der Waals surface area (Å²) >= 11 is 6.00. The van der Waals surface area contributed by atoms with Crippen molar-refractivity contribution in [2.75, 3.05) is 19.0 Å². The van der Waals surface area contributed by atoms with E-state index in [-0.39, 0.29) is 0 Å². The van der Waals surface area contributed by atoms with Gasteiger partial charge in [-0.2, -0.15) is 5.11 Å². The van der Waals surface area contributed by atoms with Crippen LogP contribution >= 0.6 is 11.6 Å². The Morgan fingerprint density at radius 2 is 1.56 bits per heavy atom. The van der Waals surface area contributed by atoms with Crippen molar-refractivity contribution in [3.63, 3.8) is 0 Å². The molecule has 0 saturated heterocycles. The Bertz CT molecular complexity index is 547. The highest BCUT2D eigenvalue weighted by Gasteiger charge is 1.97. The first-order valence-corrected chi connectivity index (χ1v) is 5.98. The van der Waals surface area contributed by atoms with Crippen molar-refractivity contribution in [2.24, 2.45) is 10.2 Å². The van der Waals surface area contributed by atoms with Crippen LogP contribution in [-0.2, 0) is 0 Å². The molecule has 0 aromatic heterocycles. The number of rotatable bonds is 3. The average molecular weight is 260 g/mol. The lowest BCUT2D eigenvalue weighted by Gasteiger charge is -2.11. The van der Waals surface area contributed by atoms with E-state index < -0.39 is 0 Å². The molecule has 0 spiro atoms. The molecule has 0 radical (unpaired) electrons. The summed E-state index contributed by atoms with van der Waals surface area (Å²) in [5, 5.41) is 8.89. The van der Waals surface area contributed by atoms with Crippen molar-refractivity contribution in [3.05, 3.63) is 53.6 Å². The Morgan fingerprint density at radius 3 is 2.17 bits per heavy atom. The lowest BCUT2D eigenvalue weighted by atomic mass is 10.3. The fourth-order valence-electron chi connectivity index (χ4n) is 1.46. The number of halogens is 1. The summed E-state index contributed by atoms with van der Waals surface area (Å²) in [6.07, 6.45) is 0. The smallest absolute Gasteiger partial charge is 0.104 e. The molecule has 0 aliphatic rings. The van der Waals surface area contributed by atoms with E-state index in [9.17, 15) is 0 Å². The van der Waals surface area contributed by atoms with Crippen LogP contribution in [0.15, 0.2) is 58.8 Å². The SMILES string of the molecule is CN(C)c1ccc(N=Nc2ccccc2Cl)cc1. The zero-order valence-corrected chi connectivity index (χ0v) is 11.1. The molecule has 92 valence electrons. The van der Waals surface area contributed by atoms with Crippen LogP contribution in [0.3, 0.4) is 0 Å². The summed E-state index contributed by atoms with van der Waals surface area (Å²) in [6, 6.07) is 15.2. The van der Waals surface area contributed by atoms with Crippen LogP contribution in [0.1, 0.15) is 0 Å². The average Bonchev–Trinajstić information content (AvgIpc) is 2.38. The second-order valence-corrected chi connectivity index (χ2v) is 4.47. The molecule has 18 heavy (non-hydrogen) atoms. The highest BCUT2D eigenvalue weighted by atomic mass is 35.5. The summed E-state index contributed by atoms with van der Waals surface area (Å²) in [6.45, 7) is 0. The molecule has 3 nitrogen and oxygen atoms in total. The molecular weight excluding hydrogens is 246 g/mol. The normalized spacial score (nSPS) is 10.8. The van der Waals surface area contributed by atoms with Crippen molar-refractivity contribution in [1.29, 1.82) is 0 Å². The largest absolute Gasteiger partial charge is 0.378 e. The summed E-state index contributed by atoms with van der Waals surface area (Å²) in [5.41, 5.74) is 2.61. The van der Waals surface area contributed by atoms with Gasteiger partial charge in [-0.15, -0.1) is 5.11 Å². The van der Waals surface area contributed by atoms with Gasteiger partial charge in [-0.25, -0.2) is 0 Å². The van der Waals surface area contributed by atoms with Crippen LogP contribution in [-0.4, -0.2) is 14.1 Å². The predicted octanol–water partition coefficient (Wildman–Crippen LogP) is 4.82. The Hall–Kier alpha value is -1.87. The minimum atomic E-state index is 0.603. The van der Waals surface area contributed by atoms with Crippen LogP contribution < -0.4 is 4.90 Å². The van der Waals surface area contributed by atoms with E-state index in [2.05, 4.69) is 10.2 Å². The second kappa shape index (κ2) is 5.65. The lowest BCUT2D eigenvalue weighted by Crippen LogP contribution is -2.07. The van der Waals surface area contributed by atoms with Crippen molar-refractivity contribution in [3.8, 4) is 0 Å². The molecule has 2 rings (SSSR count). The van der Waals surface area contributed by atoms with Crippen molar-refractivity contribution >= 4 is 28.7 Å². The zero-order chi connectivity index (χ0) is 13.0. The monoisotopic (exact) mass is 259 g/mol. The van der Waals surface area contributed by atoms with Gasteiger partial charge in [0, 0.05) is 19.8 Å². The van der Waals surface area contributed by atoms with Crippen molar-refractivity contribution in [1.82, 2.24) is 0 Å². The standard InChI is InChI=1S/C14H14ClN3/c1-18(2)12-9-7-11(8-10-12)16-17-14-6-4-3-5-13(14)15/h3-10H,1-2H3. The molecule has 0 amide bonds. The van der Waals surface area contributed by atoms with Gasteiger partial charge in [0.1, 0.15) is 5.69 Å². The van der Waals surface area contributed by atoms with Crippen LogP contribution in [0.2, 0.25) is 5.02 Å². The molecule has 0 heterocycles. The molecule has 2 aromatic carbocycles. The van der Waals surface area contributed by atoms with Gasteiger partial charge in [0.05, 0.1) is 10.7 Å². The first-order valence-electron chi connectivity index (χ1n) is 5.60. The summed E-state index contributed by atoms with van der Waals surface area (Å²) in [4.78, 5) is 2.04. The molecule has 0 atom stereocenters. The molecule has 0 aliphatic carbocycles. The van der Waals surface area contributed by atoms with Gasteiger partial charge in [0.2, 0.25) is 0 Å². The fraction of sp³-hybridized carbons (Fsp3) is 0.143. The van der Waals surface area contributed by atoms with Crippen LogP contribution in [0.4, 0.5) is 17.1 Å². The third-order valence-electron chi connectivity index (χ3n) is 2.49. The van der Waals surface area contributed by atoms with E-state index in [1.165, 1.54) is 0 Å². The van der Waals surface area contributed by atoms with Gasteiger partial charge in [-0.05, 0) is 36.4 Å². The van der Waals surface area contributed by atoms with E-state index in [4.69, 9.17) is 11.6 Å². The molecule has 0 bridgehead atoms. The quantitative estimate of drug-likeness (QED) is 0.726. The third-order valence-corrected chi connectivity index (χ3v) is 2.81. The summed E-state index contributed by atoms with van der Waals surface area (Å²) < 4.78 is 0. The Labute approximate surface area is 112 Å². The minimum Gasteiger partial charge on any atom is -0.378 e. The van der Waals surface area contributed by atoms with Crippen molar-refractivity contribution < 1.29 is 0 Å². The summed E-state index contributed by atoms with van der Waals surface area (Å²) in [5.74, 6) is 0. The maximum absolute atomic E-state index is 6.00. The van der Waals surface area contributed by atoms with Gasteiger partial charge < -0.3 is 4.90 Å². The van der Waals surface area contributed by atoms with E-state index in [0.717, 1.165) is 11.4 Å². The molecular formula is C14H14ClN3.